The van der Waals surface area contributed by atoms with E-state index in [0.717, 1.165) is 38.8 Å². The van der Waals surface area contributed by atoms with E-state index >= 15 is 0 Å². The zero-order valence-electron chi connectivity index (χ0n) is 15.5. The van der Waals surface area contributed by atoms with Crippen molar-refractivity contribution in [3.63, 3.8) is 0 Å². The molecule has 2 fully saturated rings. The Morgan fingerprint density at radius 3 is 2.29 bits per heavy atom. The highest BCUT2D eigenvalue weighted by atomic mass is 16.2. The van der Waals surface area contributed by atoms with Crippen molar-refractivity contribution >= 4 is 6.03 Å². The second kappa shape index (κ2) is 6.40. The average Bonchev–Trinajstić information content (AvgIpc) is 2.86. The molecule has 0 bridgehead atoms. The summed E-state index contributed by atoms with van der Waals surface area (Å²) in [5, 5.41) is 3.11. The quantitative estimate of drug-likeness (QED) is 0.918. The maximum Gasteiger partial charge on any atom is 0.318 e. The summed E-state index contributed by atoms with van der Waals surface area (Å²) in [6, 6.07) is 11.0. The van der Waals surface area contributed by atoms with Crippen LogP contribution in [0.4, 0.5) is 4.79 Å². The molecule has 0 aromatic heterocycles. The molecule has 2 aliphatic rings. The van der Waals surface area contributed by atoms with Crippen LogP contribution < -0.4 is 5.32 Å². The average molecular weight is 329 g/mol. The smallest absolute Gasteiger partial charge is 0.318 e. The third kappa shape index (κ3) is 2.81. The Morgan fingerprint density at radius 1 is 1.12 bits per heavy atom. The predicted molar refractivity (Wildman–Crippen MR) is 97.9 cm³/mol. The third-order valence-corrected chi connectivity index (χ3v) is 6.11. The van der Waals surface area contributed by atoms with Crippen molar-refractivity contribution in [3.8, 4) is 0 Å². The van der Waals surface area contributed by atoms with E-state index in [4.69, 9.17) is 0 Å². The predicted octanol–water partition coefficient (Wildman–Crippen LogP) is 3.44. The Morgan fingerprint density at radius 2 is 1.75 bits per heavy atom. The van der Waals surface area contributed by atoms with Crippen molar-refractivity contribution in [2.75, 3.05) is 27.2 Å². The molecule has 1 saturated carbocycles. The van der Waals surface area contributed by atoms with Gasteiger partial charge in [0.1, 0.15) is 0 Å². The Bertz CT molecular complexity index is 574. The summed E-state index contributed by atoms with van der Waals surface area (Å²) in [7, 11) is 4.38. The highest BCUT2D eigenvalue weighted by Crippen LogP contribution is 2.47. The number of carbonyl (C=O) groups excluding carboxylic acids is 1. The van der Waals surface area contributed by atoms with Crippen LogP contribution >= 0.6 is 0 Å². The molecule has 1 aromatic carbocycles. The maximum absolute atomic E-state index is 12.4. The van der Waals surface area contributed by atoms with E-state index in [0.29, 0.717) is 5.92 Å². The molecule has 1 heterocycles. The lowest BCUT2D eigenvalue weighted by Gasteiger charge is -2.51. The number of hydrogen-bond donors (Lipinski definition) is 1. The minimum atomic E-state index is 0.00957. The van der Waals surface area contributed by atoms with Crippen LogP contribution in [0.15, 0.2) is 30.3 Å². The number of nitrogens with zero attached hydrogens (tertiary/aromatic N) is 2. The lowest BCUT2D eigenvalue weighted by atomic mass is 9.68. The number of carbonyl (C=O) groups is 1. The van der Waals surface area contributed by atoms with Gasteiger partial charge < -0.3 is 10.2 Å². The number of nitrogens with one attached hydrogen (secondary N) is 1. The van der Waals surface area contributed by atoms with Crippen LogP contribution in [0.25, 0.3) is 0 Å². The zero-order chi connectivity index (χ0) is 17.4. The van der Waals surface area contributed by atoms with Gasteiger partial charge in [0.25, 0.3) is 0 Å². The van der Waals surface area contributed by atoms with Crippen LogP contribution in [0.2, 0.25) is 0 Å². The van der Waals surface area contributed by atoms with Crippen LogP contribution in [0.5, 0.6) is 0 Å². The molecule has 0 unspecified atom stereocenters. The lowest BCUT2D eigenvalue weighted by molar-refractivity contribution is 0.0228. The van der Waals surface area contributed by atoms with Gasteiger partial charge in [-0.3, -0.25) is 4.90 Å². The van der Waals surface area contributed by atoms with Gasteiger partial charge in [0.2, 0.25) is 0 Å². The highest BCUT2D eigenvalue weighted by Gasteiger charge is 2.51. The lowest BCUT2D eigenvalue weighted by Crippen LogP contribution is -2.56. The molecule has 2 amide bonds. The number of urea groups is 1. The molecule has 1 N–H and O–H groups in total. The molecular formula is C20H31N3O. The van der Waals surface area contributed by atoms with Crippen LogP contribution in [-0.2, 0) is 5.54 Å². The fraction of sp³-hybridized carbons (Fsp3) is 0.650. The molecule has 4 nitrogen and oxygen atoms in total. The van der Waals surface area contributed by atoms with Crippen molar-refractivity contribution in [1.29, 1.82) is 0 Å². The molecule has 1 spiro atoms. The fourth-order valence-corrected chi connectivity index (χ4v) is 4.61. The molecule has 0 atom stereocenters. The van der Waals surface area contributed by atoms with E-state index in [-0.39, 0.29) is 17.1 Å². The van der Waals surface area contributed by atoms with Crippen molar-refractivity contribution in [1.82, 2.24) is 15.1 Å². The standard InChI is InChI=1S/C20H31N3O/c1-16(2)14-23-18(24)21-15-19(23)10-12-20(13-11-19,22(3)4)17-8-6-5-7-9-17/h5-9,16H,10-15H2,1-4H3,(H,21,24). The van der Waals surface area contributed by atoms with Crippen LogP contribution in [-0.4, -0.2) is 48.6 Å². The first-order valence-corrected chi connectivity index (χ1v) is 9.18. The first kappa shape index (κ1) is 17.3. The van der Waals surface area contributed by atoms with E-state index in [1.54, 1.807) is 0 Å². The molecule has 24 heavy (non-hydrogen) atoms. The molecule has 132 valence electrons. The normalized spacial score (nSPS) is 30.4. The molecule has 3 rings (SSSR count). The van der Waals surface area contributed by atoms with Crippen LogP contribution in [0, 0.1) is 5.92 Å². The minimum absolute atomic E-state index is 0.00957. The number of rotatable bonds is 4. The summed E-state index contributed by atoms with van der Waals surface area (Å²) in [5.74, 6) is 0.500. The number of benzene rings is 1. The number of amides is 2. The first-order valence-electron chi connectivity index (χ1n) is 9.18. The minimum Gasteiger partial charge on any atom is -0.336 e. The third-order valence-electron chi connectivity index (χ3n) is 6.11. The monoisotopic (exact) mass is 329 g/mol. The van der Waals surface area contributed by atoms with Gasteiger partial charge in [-0.25, -0.2) is 4.79 Å². The molecule has 1 saturated heterocycles. The Hall–Kier alpha value is -1.55. The summed E-state index contributed by atoms with van der Waals surface area (Å²) >= 11 is 0. The summed E-state index contributed by atoms with van der Waals surface area (Å²) in [6.45, 7) is 6.04. The van der Waals surface area contributed by atoms with Crippen molar-refractivity contribution < 1.29 is 4.79 Å². The van der Waals surface area contributed by atoms with Gasteiger partial charge in [-0.1, -0.05) is 44.2 Å². The Balaban J connectivity index is 1.84. The van der Waals surface area contributed by atoms with Gasteiger partial charge in [-0.05, 0) is 51.3 Å². The molecule has 1 aliphatic heterocycles. The van der Waals surface area contributed by atoms with Gasteiger partial charge in [-0.15, -0.1) is 0 Å². The first-order chi connectivity index (χ1) is 11.4. The van der Waals surface area contributed by atoms with E-state index < -0.39 is 0 Å². The second-order valence-corrected chi connectivity index (χ2v) is 8.18. The van der Waals surface area contributed by atoms with E-state index in [1.807, 2.05) is 0 Å². The number of hydrogen-bond acceptors (Lipinski definition) is 2. The van der Waals surface area contributed by atoms with Gasteiger partial charge in [-0.2, -0.15) is 0 Å². The fourth-order valence-electron chi connectivity index (χ4n) is 4.61. The SMILES string of the molecule is CC(C)CN1C(=O)NCC12CCC(c1ccccc1)(N(C)C)CC2. The molecule has 0 radical (unpaired) electrons. The molecular weight excluding hydrogens is 298 g/mol. The molecule has 4 heteroatoms. The van der Waals surface area contributed by atoms with E-state index in [1.165, 1.54) is 5.56 Å². The van der Waals surface area contributed by atoms with E-state index in [9.17, 15) is 4.79 Å². The summed E-state index contributed by atoms with van der Waals surface area (Å²) in [4.78, 5) is 16.9. The molecule has 1 aromatic rings. The topological polar surface area (TPSA) is 35.6 Å². The van der Waals surface area contributed by atoms with Crippen molar-refractivity contribution in [2.45, 2.75) is 50.6 Å². The van der Waals surface area contributed by atoms with E-state index in [2.05, 4.69) is 73.4 Å². The molecule has 1 aliphatic carbocycles. The summed E-state index contributed by atoms with van der Waals surface area (Å²) in [6.07, 6.45) is 4.30. The van der Waals surface area contributed by atoms with Crippen molar-refractivity contribution in [2.24, 2.45) is 5.92 Å². The summed E-state index contributed by atoms with van der Waals surface area (Å²) < 4.78 is 0. The summed E-state index contributed by atoms with van der Waals surface area (Å²) in [5.41, 5.74) is 1.50. The van der Waals surface area contributed by atoms with Gasteiger partial charge in [0, 0.05) is 18.6 Å². The van der Waals surface area contributed by atoms with Gasteiger partial charge >= 0.3 is 6.03 Å². The van der Waals surface area contributed by atoms with Crippen LogP contribution in [0.1, 0.15) is 45.1 Å². The zero-order valence-corrected chi connectivity index (χ0v) is 15.5. The Labute approximate surface area is 146 Å². The largest absolute Gasteiger partial charge is 0.336 e. The Kier molecular flexibility index (Phi) is 4.60. The van der Waals surface area contributed by atoms with Gasteiger partial charge in [0.15, 0.2) is 0 Å². The highest BCUT2D eigenvalue weighted by molar-refractivity contribution is 5.78. The second-order valence-electron chi connectivity index (χ2n) is 8.18. The van der Waals surface area contributed by atoms with Crippen LogP contribution in [0.3, 0.4) is 0 Å². The van der Waals surface area contributed by atoms with Gasteiger partial charge in [0.05, 0.1) is 5.54 Å². The maximum atomic E-state index is 12.4. The van der Waals surface area contributed by atoms with Crippen molar-refractivity contribution in [3.05, 3.63) is 35.9 Å².